The van der Waals surface area contributed by atoms with E-state index in [2.05, 4.69) is 11.4 Å². The summed E-state index contributed by atoms with van der Waals surface area (Å²) in [6.45, 7) is 0.476. The van der Waals surface area contributed by atoms with Crippen LogP contribution in [0.3, 0.4) is 0 Å². The number of hydrogen-bond acceptors (Lipinski definition) is 4. The summed E-state index contributed by atoms with van der Waals surface area (Å²) in [5, 5.41) is 12.1. The van der Waals surface area contributed by atoms with E-state index in [1.54, 1.807) is 10.6 Å². The number of hydrogen-bond donors (Lipinski definition) is 1. The van der Waals surface area contributed by atoms with Gasteiger partial charge in [-0.15, -0.1) is 0 Å². The van der Waals surface area contributed by atoms with Gasteiger partial charge in [0.15, 0.2) is 0 Å². The molecule has 2 rings (SSSR count). The topological polar surface area (TPSA) is 67.0 Å². The third kappa shape index (κ3) is 3.50. The summed E-state index contributed by atoms with van der Waals surface area (Å²) >= 11 is 0. The number of aromatic nitrogens is 1. The number of carbonyl (C=O) groups is 1. The first kappa shape index (κ1) is 14.8. The van der Waals surface area contributed by atoms with Gasteiger partial charge in [0.1, 0.15) is 17.8 Å². The van der Waals surface area contributed by atoms with Crippen molar-refractivity contribution in [2.75, 3.05) is 7.11 Å². The minimum absolute atomic E-state index is 0.336. The van der Waals surface area contributed by atoms with E-state index in [1.165, 1.54) is 7.11 Å². The maximum atomic E-state index is 11.9. The van der Waals surface area contributed by atoms with Gasteiger partial charge in [0.05, 0.1) is 7.11 Å². The highest BCUT2D eigenvalue weighted by Crippen LogP contribution is 2.15. The van der Waals surface area contributed by atoms with Crippen molar-refractivity contribution in [2.24, 2.45) is 7.05 Å². The van der Waals surface area contributed by atoms with Gasteiger partial charge in [-0.25, -0.2) is 4.79 Å². The summed E-state index contributed by atoms with van der Waals surface area (Å²) in [4.78, 5) is 11.9. The number of carbonyl (C=O) groups excluding carboxylic acids is 1. The first-order valence-electron chi connectivity index (χ1n) is 6.57. The monoisotopic (exact) mass is 283 g/mol. The number of benzene rings is 1. The third-order valence-corrected chi connectivity index (χ3v) is 3.26. The predicted molar refractivity (Wildman–Crippen MR) is 78.2 cm³/mol. The van der Waals surface area contributed by atoms with Crippen LogP contribution in [0, 0.1) is 11.3 Å². The third-order valence-electron chi connectivity index (χ3n) is 3.26. The molecule has 5 heteroatoms. The molecular weight excluding hydrogens is 266 g/mol. The second-order valence-corrected chi connectivity index (χ2v) is 4.70. The number of aryl methyl sites for hydroxylation is 1. The molecular formula is C16H17N3O2. The average molecular weight is 283 g/mol. The minimum atomic E-state index is -0.526. The fourth-order valence-electron chi connectivity index (χ4n) is 2.16. The molecule has 1 heterocycles. The van der Waals surface area contributed by atoms with Gasteiger partial charge in [0, 0.05) is 19.8 Å². The molecule has 1 aromatic heterocycles. The second kappa shape index (κ2) is 6.73. The van der Waals surface area contributed by atoms with Crippen molar-refractivity contribution in [3.05, 3.63) is 59.4 Å². The van der Waals surface area contributed by atoms with Crippen LogP contribution in [0.25, 0.3) is 0 Å². The molecule has 1 atom stereocenters. The summed E-state index contributed by atoms with van der Waals surface area (Å²) in [6.07, 6.45) is 1.87. The van der Waals surface area contributed by atoms with Crippen LogP contribution in [-0.4, -0.2) is 17.6 Å². The van der Waals surface area contributed by atoms with Crippen molar-refractivity contribution in [3.8, 4) is 6.07 Å². The molecule has 0 saturated heterocycles. The zero-order valence-corrected chi connectivity index (χ0v) is 12.0. The lowest BCUT2D eigenvalue weighted by atomic mass is 10.1. The van der Waals surface area contributed by atoms with Crippen LogP contribution in [-0.2, 0) is 23.1 Å². The van der Waals surface area contributed by atoms with Gasteiger partial charge in [0.25, 0.3) is 0 Å². The molecule has 1 N–H and O–H groups in total. The highest BCUT2D eigenvalue weighted by molar-refractivity contribution is 5.77. The van der Waals surface area contributed by atoms with Crippen molar-refractivity contribution in [1.29, 1.82) is 5.26 Å². The molecule has 21 heavy (non-hydrogen) atoms. The quantitative estimate of drug-likeness (QED) is 0.851. The van der Waals surface area contributed by atoms with Crippen molar-refractivity contribution in [2.45, 2.75) is 12.6 Å². The number of nitrogens with one attached hydrogen (secondary N) is 1. The maximum absolute atomic E-state index is 11.9. The molecule has 108 valence electrons. The zero-order chi connectivity index (χ0) is 15.2. The predicted octanol–water partition coefficient (Wildman–Crippen LogP) is 1.90. The molecule has 0 aliphatic carbocycles. The lowest BCUT2D eigenvalue weighted by molar-refractivity contribution is -0.143. The normalized spacial score (nSPS) is 11.7. The maximum Gasteiger partial charge on any atom is 0.327 e. The van der Waals surface area contributed by atoms with Crippen molar-refractivity contribution >= 4 is 5.97 Å². The van der Waals surface area contributed by atoms with E-state index in [4.69, 9.17) is 10.00 Å². The highest BCUT2D eigenvalue weighted by Gasteiger charge is 2.20. The molecule has 1 unspecified atom stereocenters. The number of ether oxygens (including phenoxy) is 1. The summed E-state index contributed by atoms with van der Waals surface area (Å²) in [6, 6.07) is 12.8. The molecule has 2 aromatic rings. The fourth-order valence-corrected chi connectivity index (χ4v) is 2.16. The first-order valence-corrected chi connectivity index (χ1v) is 6.57. The molecule has 0 saturated carbocycles. The first-order chi connectivity index (χ1) is 10.2. The van der Waals surface area contributed by atoms with E-state index < -0.39 is 6.04 Å². The van der Waals surface area contributed by atoms with Crippen molar-refractivity contribution in [3.63, 3.8) is 0 Å². The van der Waals surface area contributed by atoms with E-state index in [-0.39, 0.29) is 5.97 Å². The summed E-state index contributed by atoms with van der Waals surface area (Å²) in [5.74, 6) is -0.336. The van der Waals surface area contributed by atoms with Crippen LogP contribution in [0.1, 0.15) is 22.9 Å². The number of methoxy groups -OCH3 is 1. The molecule has 0 spiro atoms. The van der Waals surface area contributed by atoms with Gasteiger partial charge < -0.3 is 9.30 Å². The van der Waals surface area contributed by atoms with Crippen LogP contribution in [0.4, 0.5) is 0 Å². The SMILES string of the molecule is COC(=O)C(NCc1cc(C#N)n(C)c1)c1ccccc1. The van der Waals surface area contributed by atoms with Gasteiger partial charge in [-0.05, 0) is 17.2 Å². The molecule has 1 aromatic carbocycles. The Kier molecular flexibility index (Phi) is 4.75. The van der Waals surface area contributed by atoms with Gasteiger partial charge >= 0.3 is 5.97 Å². The van der Waals surface area contributed by atoms with Crippen molar-refractivity contribution < 1.29 is 9.53 Å². The highest BCUT2D eigenvalue weighted by atomic mass is 16.5. The Morgan fingerprint density at radius 2 is 2.14 bits per heavy atom. The Hall–Kier alpha value is -2.58. The Morgan fingerprint density at radius 1 is 1.43 bits per heavy atom. The summed E-state index contributed by atoms with van der Waals surface area (Å²) < 4.78 is 6.60. The number of esters is 1. The molecule has 0 fully saturated rings. The molecule has 0 aliphatic heterocycles. The zero-order valence-electron chi connectivity index (χ0n) is 12.0. The van der Waals surface area contributed by atoms with Gasteiger partial charge in [0.2, 0.25) is 0 Å². The van der Waals surface area contributed by atoms with Gasteiger partial charge in [-0.1, -0.05) is 30.3 Å². The average Bonchev–Trinajstić information content (AvgIpc) is 2.88. The lowest BCUT2D eigenvalue weighted by Crippen LogP contribution is -2.29. The lowest BCUT2D eigenvalue weighted by Gasteiger charge is -2.16. The molecule has 0 aliphatic rings. The van der Waals surface area contributed by atoms with E-state index in [0.29, 0.717) is 12.2 Å². The molecule has 0 bridgehead atoms. The Bertz CT molecular complexity index is 656. The molecule has 5 nitrogen and oxygen atoms in total. The second-order valence-electron chi connectivity index (χ2n) is 4.70. The van der Waals surface area contributed by atoms with Crippen molar-refractivity contribution in [1.82, 2.24) is 9.88 Å². The summed E-state index contributed by atoms with van der Waals surface area (Å²) in [5.41, 5.74) is 2.38. The van der Waals surface area contributed by atoms with E-state index >= 15 is 0 Å². The van der Waals surface area contributed by atoms with Crippen LogP contribution >= 0.6 is 0 Å². The molecule has 0 amide bonds. The largest absolute Gasteiger partial charge is 0.468 e. The Labute approximate surface area is 123 Å². The molecule has 0 radical (unpaired) electrons. The van der Waals surface area contributed by atoms with Crippen LogP contribution in [0.5, 0.6) is 0 Å². The van der Waals surface area contributed by atoms with Crippen LogP contribution in [0.15, 0.2) is 42.6 Å². The van der Waals surface area contributed by atoms with Crippen LogP contribution < -0.4 is 5.32 Å². The standard InChI is InChI=1S/C16H17N3O2/c1-19-11-12(8-14(19)9-17)10-18-15(16(20)21-2)13-6-4-3-5-7-13/h3-8,11,15,18H,10H2,1-2H3. The number of nitrogens with zero attached hydrogens (tertiary/aromatic N) is 2. The Morgan fingerprint density at radius 3 is 2.71 bits per heavy atom. The minimum Gasteiger partial charge on any atom is -0.468 e. The van der Waals surface area contributed by atoms with E-state index in [9.17, 15) is 4.79 Å². The van der Waals surface area contributed by atoms with Crippen LogP contribution in [0.2, 0.25) is 0 Å². The van der Waals surface area contributed by atoms with Gasteiger partial charge in [-0.3, -0.25) is 5.32 Å². The summed E-state index contributed by atoms with van der Waals surface area (Å²) in [7, 11) is 3.19. The van der Waals surface area contributed by atoms with E-state index in [1.807, 2.05) is 43.6 Å². The smallest absolute Gasteiger partial charge is 0.327 e. The number of nitriles is 1. The van der Waals surface area contributed by atoms with E-state index in [0.717, 1.165) is 11.1 Å². The fraction of sp³-hybridized carbons (Fsp3) is 0.250. The van der Waals surface area contributed by atoms with Gasteiger partial charge in [-0.2, -0.15) is 5.26 Å². The number of rotatable bonds is 5. The Balaban J connectivity index is 2.13.